The zero-order chi connectivity index (χ0) is 17.1. The molecule has 0 amide bonds. The van der Waals surface area contributed by atoms with Crippen LogP contribution in [0.4, 0.5) is 0 Å². The monoisotopic (exact) mass is 320 g/mol. The number of hydrogen-bond donors (Lipinski definition) is 0. The fraction of sp³-hybridized carbons (Fsp3) is 0.789. The topological polar surface area (TPSA) is 52.6 Å². The van der Waals surface area contributed by atoms with E-state index in [1.165, 1.54) is 13.8 Å². The maximum Gasteiger partial charge on any atom is 0.303 e. The molecule has 3 aliphatic rings. The van der Waals surface area contributed by atoms with E-state index in [1.54, 1.807) is 0 Å². The molecular weight excluding hydrogens is 292 g/mol. The van der Waals surface area contributed by atoms with Crippen molar-refractivity contribution in [2.75, 3.05) is 0 Å². The van der Waals surface area contributed by atoms with E-state index in [4.69, 9.17) is 9.47 Å². The van der Waals surface area contributed by atoms with E-state index in [2.05, 4.69) is 27.4 Å². The lowest BCUT2D eigenvalue weighted by Crippen LogP contribution is -2.53. The number of carbonyl (C=O) groups is 2. The SMILES string of the molecule is C=C1C[C@@H](OC(C)=O)[C@H](OC(C)=O)[C@@]2(C)C[C@@H]3[C@@H](C(C)C)[C@@H]3[C@@H]12. The van der Waals surface area contributed by atoms with Crippen LogP contribution in [0.3, 0.4) is 0 Å². The summed E-state index contributed by atoms with van der Waals surface area (Å²) in [6.45, 7) is 13.9. The Morgan fingerprint density at radius 3 is 2.35 bits per heavy atom. The third-order valence-electron chi connectivity index (χ3n) is 6.33. The minimum Gasteiger partial charge on any atom is -0.458 e. The van der Waals surface area contributed by atoms with Crippen LogP contribution in [0, 0.1) is 35.0 Å². The van der Waals surface area contributed by atoms with Crippen LogP contribution in [-0.4, -0.2) is 24.1 Å². The van der Waals surface area contributed by atoms with E-state index in [9.17, 15) is 9.59 Å². The number of esters is 2. The predicted molar refractivity (Wildman–Crippen MR) is 86.4 cm³/mol. The van der Waals surface area contributed by atoms with Crippen molar-refractivity contribution in [1.82, 2.24) is 0 Å². The summed E-state index contributed by atoms with van der Waals surface area (Å²) in [5.74, 6) is 2.52. The van der Waals surface area contributed by atoms with E-state index < -0.39 is 6.10 Å². The first kappa shape index (κ1) is 16.5. The molecule has 0 aromatic heterocycles. The summed E-state index contributed by atoms with van der Waals surface area (Å²) >= 11 is 0. The van der Waals surface area contributed by atoms with Crippen molar-refractivity contribution in [2.24, 2.45) is 35.0 Å². The Morgan fingerprint density at radius 2 is 1.83 bits per heavy atom. The second-order valence-electron chi connectivity index (χ2n) is 8.29. The van der Waals surface area contributed by atoms with Crippen LogP contribution in [-0.2, 0) is 19.1 Å². The van der Waals surface area contributed by atoms with Gasteiger partial charge in [-0.3, -0.25) is 9.59 Å². The molecule has 0 unspecified atom stereocenters. The third kappa shape index (κ3) is 2.50. The average Bonchev–Trinajstić information content (AvgIpc) is 2.97. The van der Waals surface area contributed by atoms with Gasteiger partial charge in [-0.25, -0.2) is 0 Å². The lowest BCUT2D eigenvalue weighted by Gasteiger charge is -2.49. The van der Waals surface area contributed by atoms with E-state index >= 15 is 0 Å². The molecule has 4 nitrogen and oxygen atoms in total. The highest BCUT2D eigenvalue weighted by Gasteiger charge is 2.71. The highest BCUT2D eigenvalue weighted by atomic mass is 16.6. The first-order chi connectivity index (χ1) is 10.7. The molecule has 0 saturated heterocycles. The van der Waals surface area contributed by atoms with Gasteiger partial charge in [-0.15, -0.1) is 0 Å². The van der Waals surface area contributed by atoms with Gasteiger partial charge in [0.25, 0.3) is 0 Å². The summed E-state index contributed by atoms with van der Waals surface area (Å²) in [4.78, 5) is 23.1. The molecule has 7 atom stereocenters. The van der Waals surface area contributed by atoms with E-state index in [-0.39, 0.29) is 23.5 Å². The molecule has 0 N–H and O–H groups in total. The van der Waals surface area contributed by atoms with Crippen molar-refractivity contribution in [1.29, 1.82) is 0 Å². The Kier molecular flexibility index (Phi) is 3.85. The van der Waals surface area contributed by atoms with E-state index in [0.29, 0.717) is 30.1 Å². The third-order valence-corrected chi connectivity index (χ3v) is 6.33. The molecular formula is C19H28O4. The molecule has 0 bridgehead atoms. The van der Waals surface area contributed by atoms with Crippen LogP contribution in [0.15, 0.2) is 12.2 Å². The largest absolute Gasteiger partial charge is 0.458 e. The number of rotatable bonds is 3. The molecule has 3 saturated carbocycles. The molecule has 3 aliphatic carbocycles. The Morgan fingerprint density at radius 1 is 1.22 bits per heavy atom. The molecule has 0 spiro atoms. The summed E-state index contributed by atoms with van der Waals surface area (Å²) in [6.07, 6.45) is 0.867. The van der Waals surface area contributed by atoms with Gasteiger partial charge in [0.15, 0.2) is 0 Å². The van der Waals surface area contributed by atoms with Crippen molar-refractivity contribution >= 4 is 11.9 Å². The lowest BCUT2D eigenvalue weighted by atomic mass is 9.61. The van der Waals surface area contributed by atoms with Gasteiger partial charge in [0, 0.05) is 25.7 Å². The Hall–Kier alpha value is -1.32. The maximum absolute atomic E-state index is 11.6. The second kappa shape index (κ2) is 5.35. The van der Waals surface area contributed by atoms with Gasteiger partial charge in [0.1, 0.15) is 12.2 Å². The molecule has 0 aromatic carbocycles. The molecule has 3 rings (SSSR count). The van der Waals surface area contributed by atoms with Crippen LogP contribution in [0.5, 0.6) is 0 Å². The van der Waals surface area contributed by atoms with Crippen molar-refractivity contribution in [3.8, 4) is 0 Å². The molecule has 0 radical (unpaired) electrons. The van der Waals surface area contributed by atoms with Gasteiger partial charge in [-0.05, 0) is 36.0 Å². The number of carbonyl (C=O) groups excluding carboxylic acids is 2. The fourth-order valence-electron chi connectivity index (χ4n) is 5.84. The number of ether oxygens (including phenoxy) is 2. The van der Waals surface area contributed by atoms with Gasteiger partial charge in [-0.1, -0.05) is 32.9 Å². The standard InChI is InChI=1S/C19H28O4/c1-9(2)15-13-8-19(6)17(16(13)15)10(3)7-14(22-11(4)20)18(19)23-12(5)21/h9,13-18H,3,7-8H2,1-2,4-6H3/t13-,14-,15-,16-,17-,18+,19+/m1/s1. The number of hydrogen-bond acceptors (Lipinski definition) is 4. The van der Waals surface area contributed by atoms with Gasteiger partial charge >= 0.3 is 11.9 Å². The minimum absolute atomic E-state index is 0.165. The van der Waals surface area contributed by atoms with Crippen molar-refractivity contribution < 1.29 is 19.1 Å². The number of fused-ring (bicyclic) bond motifs is 3. The van der Waals surface area contributed by atoms with Crippen LogP contribution in [0.25, 0.3) is 0 Å². The van der Waals surface area contributed by atoms with Crippen LogP contribution in [0.1, 0.15) is 47.5 Å². The second-order valence-corrected chi connectivity index (χ2v) is 8.29. The molecule has 0 aliphatic heterocycles. The summed E-state index contributed by atoms with van der Waals surface area (Å²) in [6, 6.07) is 0. The average molecular weight is 320 g/mol. The zero-order valence-corrected chi connectivity index (χ0v) is 14.8. The van der Waals surface area contributed by atoms with Crippen molar-refractivity contribution in [3.63, 3.8) is 0 Å². The van der Waals surface area contributed by atoms with Crippen LogP contribution in [0.2, 0.25) is 0 Å². The zero-order valence-electron chi connectivity index (χ0n) is 14.8. The normalized spacial score (nSPS) is 44.5. The van der Waals surface area contributed by atoms with Gasteiger partial charge in [-0.2, -0.15) is 0 Å². The van der Waals surface area contributed by atoms with Gasteiger partial charge in [0.2, 0.25) is 0 Å². The van der Waals surface area contributed by atoms with Crippen molar-refractivity contribution in [3.05, 3.63) is 12.2 Å². The molecule has 23 heavy (non-hydrogen) atoms. The predicted octanol–water partition coefficient (Wildman–Crippen LogP) is 3.35. The van der Waals surface area contributed by atoms with Gasteiger partial charge < -0.3 is 9.47 Å². The quantitative estimate of drug-likeness (QED) is 0.591. The molecule has 4 heteroatoms. The maximum atomic E-state index is 11.6. The van der Waals surface area contributed by atoms with Gasteiger partial charge in [0.05, 0.1) is 0 Å². The molecule has 3 fully saturated rings. The summed E-state index contributed by atoms with van der Waals surface area (Å²) < 4.78 is 11.2. The minimum atomic E-state index is -0.403. The summed E-state index contributed by atoms with van der Waals surface area (Å²) in [5, 5.41) is 0. The van der Waals surface area contributed by atoms with Crippen molar-refractivity contribution in [2.45, 2.75) is 59.7 Å². The Balaban J connectivity index is 1.90. The summed E-state index contributed by atoms with van der Waals surface area (Å²) in [7, 11) is 0. The molecule has 0 heterocycles. The Bertz CT molecular complexity index is 552. The molecule has 128 valence electrons. The van der Waals surface area contributed by atoms with Crippen LogP contribution < -0.4 is 0 Å². The first-order valence-corrected chi connectivity index (χ1v) is 8.69. The highest BCUT2D eigenvalue weighted by Crippen LogP contribution is 2.73. The smallest absolute Gasteiger partial charge is 0.303 e. The highest BCUT2D eigenvalue weighted by molar-refractivity contribution is 5.67. The van der Waals surface area contributed by atoms with Crippen LogP contribution >= 0.6 is 0 Å². The fourth-order valence-corrected chi connectivity index (χ4v) is 5.84. The van der Waals surface area contributed by atoms with E-state index in [0.717, 1.165) is 17.9 Å². The molecule has 0 aromatic rings. The lowest BCUT2D eigenvalue weighted by molar-refractivity contribution is -0.185. The summed E-state index contributed by atoms with van der Waals surface area (Å²) in [5.41, 5.74) is 1.000. The Labute approximate surface area is 138 Å². The van der Waals surface area contributed by atoms with E-state index in [1.807, 2.05) is 0 Å². The first-order valence-electron chi connectivity index (χ1n) is 8.69.